The Balaban J connectivity index is 2.68. The Hall–Kier alpha value is -2.57. The van der Waals surface area contributed by atoms with Gasteiger partial charge in [-0.15, -0.1) is 0 Å². The first-order chi connectivity index (χ1) is 11.1. The van der Waals surface area contributed by atoms with Gasteiger partial charge in [-0.2, -0.15) is 0 Å². The molecule has 2 N–H and O–H groups in total. The minimum absolute atomic E-state index is 0.0287. The van der Waals surface area contributed by atoms with Crippen molar-refractivity contribution in [2.75, 3.05) is 7.11 Å². The Morgan fingerprint density at radius 3 is 2.25 bits per heavy atom. The first kappa shape index (κ1) is 19.5. The number of amides is 1. The SMILES string of the molecule is COC(=O)[C@H](CCC(=O)OC(C)(C)C)NC(=O)c1ccc(O)cc1. The standard InChI is InChI=1S/C17H23NO6/c1-17(2,3)24-14(20)10-9-13(16(22)23-4)18-15(21)11-5-7-12(19)8-6-11/h5-8,13,19H,9-10H2,1-4H3,(H,18,21)/t13-/m0/s1. The summed E-state index contributed by atoms with van der Waals surface area (Å²) in [5.41, 5.74) is -0.341. The third-order valence-electron chi connectivity index (χ3n) is 2.98. The van der Waals surface area contributed by atoms with Gasteiger partial charge in [0.1, 0.15) is 17.4 Å². The lowest BCUT2D eigenvalue weighted by molar-refractivity contribution is -0.155. The lowest BCUT2D eigenvalue weighted by Gasteiger charge is -2.21. The summed E-state index contributed by atoms with van der Waals surface area (Å²) in [5.74, 6) is -1.59. The molecule has 0 aliphatic rings. The minimum atomic E-state index is -0.969. The number of hydrogen-bond acceptors (Lipinski definition) is 6. The number of phenolic OH excluding ortho intramolecular Hbond substituents is 1. The Labute approximate surface area is 141 Å². The highest BCUT2D eigenvalue weighted by molar-refractivity contribution is 5.96. The van der Waals surface area contributed by atoms with Crippen molar-refractivity contribution in [3.05, 3.63) is 29.8 Å². The predicted molar refractivity (Wildman–Crippen MR) is 86.5 cm³/mol. The molecule has 24 heavy (non-hydrogen) atoms. The summed E-state index contributed by atoms with van der Waals surface area (Å²) in [6.45, 7) is 5.24. The van der Waals surface area contributed by atoms with Crippen molar-refractivity contribution in [2.24, 2.45) is 0 Å². The van der Waals surface area contributed by atoms with Crippen molar-refractivity contribution in [3.8, 4) is 5.75 Å². The van der Waals surface area contributed by atoms with E-state index in [4.69, 9.17) is 4.74 Å². The van der Waals surface area contributed by atoms with Crippen molar-refractivity contribution in [3.63, 3.8) is 0 Å². The molecule has 0 aliphatic carbocycles. The molecule has 132 valence electrons. The second-order valence-electron chi connectivity index (χ2n) is 6.22. The van der Waals surface area contributed by atoms with E-state index in [1.54, 1.807) is 20.8 Å². The molecule has 1 rings (SSSR count). The van der Waals surface area contributed by atoms with Crippen LogP contribution in [0.5, 0.6) is 5.75 Å². The van der Waals surface area contributed by atoms with Gasteiger partial charge >= 0.3 is 11.9 Å². The number of carbonyl (C=O) groups is 3. The van der Waals surface area contributed by atoms with Crippen LogP contribution in [0.25, 0.3) is 0 Å². The summed E-state index contributed by atoms with van der Waals surface area (Å²) in [4.78, 5) is 35.7. The number of benzene rings is 1. The van der Waals surface area contributed by atoms with Gasteiger partial charge in [-0.1, -0.05) is 0 Å². The van der Waals surface area contributed by atoms with Crippen molar-refractivity contribution in [2.45, 2.75) is 45.3 Å². The molecular weight excluding hydrogens is 314 g/mol. The molecule has 0 bridgehead atoms. The number of methoxy groups -OCH3 is 1. The fraction of sp³-hybridized carbons (Fsp3) is 0.471. The normalized spacial score (nSPS) is 12.2. The first-order valence-electron chi connectivity index (χ1n) is 7.52. The zero-order chi connectivity index (χ0) is 18.3. The van der Waals surface area contributed by atoms with E-state index in [0.29, 0.717) is 0 Å². The maximum absolute atomic E-state index is 12.1. The molecule has 0 saturated heterocycles. The summed E-state index contributed by atoms with van der Waals surface area (Å²) in [6.07, 6.45) is 0.0261. The molecule has 1 amide bonds. The van der Waals surface area contributed by atoms with Crippen LogP contribution in [0, 0.1) is 0 Å². The Kier molecular flexibility index (Phi) is 6.76. The molecule has 0 spiro atoms. The van der Waals surface area contributed by atoms with E-state index in [1.165, 1.54) is 31.4 Å². The van der Waals surface area contributed by atoms with Gasteiger partial charge in [-0.25, -0.2) is 4.79 Å². The van der Waals surface area contributed by atoms with E-state index in [-0.39, 0.29) is 24.2 Å². The van der Waals surface area contributed by atoms with E-state index >= 15 is 0 Å². The van der Waals surface area contributed by atoms with Crippen molar-refractivity contribution in [1.82, 2.24) is 5.32 Å². The van der Waals surface area contributed by atoms with Crippen molar-refractivity contribution in [1.29, 1.82) is 0 Å². The highest BCUT2D eigenvalue weighted by Gasteiger charge is 2.24. The Morgan fingerprint density at radius 1 is 1.17 bits per heavy atom. The number of aromatic hydroxyl groups is 1. The molecule has 0 aromatic heterocycles. The van der Waals surface area contributed by atoms with Crippen LogP contribution in [0.15, 0.2) is 24.3 Å². The Bertz CT molecular complexity index is 588. The van der Waals surface area contributed by atoms with Gasteiger partial charge in [0.25, 0.3) is 5.91 Å². The van der Waals surface area contributed by atoms with E-state index < -0.39 is 29.5 Å². The van der Waals surface area contributed by atoms with E-state index in [0.717, 1.165) is 0 Å². The number of carbonyl (C=O) groups excluding carboxylic acids is 3. The lowest BCUT2D eigenvalue weighted by Crippen LogP contribution is -2.42. The number of ether oxygens (including phenoxy) is 2. The minimum Gasteiger partial charge on any atom is -0.508 e. The smallest absolute Gasteiger partial charge is 0.328 e. The molecule has 0 saturated carbocycles. The summed E-state index contributed by atoms with van der Waals surface area (Å²) in [5, 5.41) is 11.7. The third-order valence-corrected chi connectivity index (χ3v) is 2.98. The quantitative estimate of drug-likeness (QED) is 0.767. The second kappa shape index (κ2) is 8.33. The van der Waals surface area contributed by atoms with Gasteiger partial charge in [0, 0.05) is 12.0 Å². The predicted octanol–water partition coefficient (Wildman–Crippen LogP) is 1.79. The van der Waals surface area contributed by atoms with E-state index in [1.807, 2.05) is 0 Å². The summed E-state index contributed by atoms with van der Waals surface area (Å²) in [7, 11) is 1.20. The van der Waals surface area contributed by atoms with Crippen molar-refractivity contribution < 1.29 is 29.0 Å². The molecule has 0 aliphatic heterocycles. The zero-order valence-corrected chi connectivity index (χ0v) is 14.3. The number of rotatable bonds is 6. The second-order valence-corrected chi connectivity index (χ2v) is 6.22. The molecule has 1 aromatic rings. The van der Waals surface area contributed by atoms with Crippen LogP contribution in [0.4, 0.5) is 0 Å². The molecular formula is C17H23NO6. The Morgan fingerprint density at radius 2 is 1.75 bits per heavy atom. The van der Waals surface area contributed by atoms with Crippen LogP contribution in [0.3, 0.4) is 0 Å². The van der Waals surface area contributed by atoms with Crippen LogP contribution in [-0.2, 0) is 19.1 Å². The van der Waals surface area contributed by atoms with Crippen LogP contribution in [0.2, 0.25) is 0 Å². The largest absolute Gasteiger partial charge is 0.508 e. The summed E-state index contributed by atoms with van der Waals surface area (Å²) in [6, 6.07) is 4.61. The van der Waals surface area contributed by atoms with Gasteiger partial charge in [0.2, 0.25) is 0 Å². The maximum atomic E-state index is 12.1. The van der Waals surface area contributed by atoms with Crippen LogP contribution in [0.1, 0.15) is 44.0 Å². The molecule has 0 unspecified atom stereocenters. The molecule has 0 radical (unpaired) electrons. The van der Waals surface area contributed by atoms with E-state index in [2.05, 4.69) is 10.1 Å². The highest BCUT2D eigenvalue weighted by Crippen LogP contribution is 2.12. The molecule has 7 heteroatoms. The van der Waals surface area contributed by atoms with Crippen LogP contribution in [-0.4, -0.2) is 41.7 Å². The molecule has 0 fully saturated rings. The van der Waals surface area contributed by atoms with Gasteiger partial charge in [-0.3, -0.25) is 9.59 Å². The summed E-state index contributed by atoms with van der Waals surface area (Å²) >= 11 is 0. The highest BCUT2D eigenvalue weighted by atomic mass is 16.6. The van der Waals surface area contributed by atoms with E-state index in [9.17, 15) is 19.5 Å². The fourth-order valence-electron chi connectivity index (χ4n) is 1.90. The number of esters is 2. The zero-order valence-electron chi connectivity index (χ0n) is 14.3. The molecule has 0 heterocycles. The van der Waals surface area contributed by atoms with Gasteiger partial charge in [0.15, 0.2) is 0 Å². The maximum Gasteiger partial charge on any atom is 0.328 e. The van der Waals surface area contributed by atoms with Crippen molar-refractivity contribution >= 4 is 17.8 Å². The van der Waals surface area contributed by atoms with Gasteiger partial charge in [0.05, 0.1) is 7.11 Å². The summed E-state index contributed by atoms with van der Waals surface area (Å²) < 4.78 is 9.83. The number of nitrogens with one attached hydrogen (secondary N) is 1. The molecule has 7 nitrogen and oxygen atoms in total. The topological polar surface area (TPSA) is 102 Å². The monoisotopic (exact) mass is 337 g/mol. The third kappa shape index (κ3) is 6.68. The van der Waals surface area contributed by atoms with Gasteiger partial charge < -0.3 is 19.9 Å². The molecule has 1 atom stereocenters. The average Bonchev–Trinajstić information content (AvgIpc) is 2.49. The lowest BCUT2D eigenvalue weighted by atomic mass is 10.1. The fourth-order valence-corrected chi connectivity index (χ4v) is 1.90. The van der Waals surface area contributed by atoms with Gasteiger partial charge in [-0.05, 0) is 51.5 Å². The van der Waals surface area contributed by atoms with Crippen LogP contribution < -0.4 is 5.32 Å². The number of hydrogen-bond donors (Lipinski definition) is 2. The number of phenols is 1. The molecule has 1 aromatic carbocycles. The van der Waals surface area contributed by atoms with Crippen LogP contribution >= 0.6 is 0 Å². The average molecular weight is 337 g/mol. The first-order valence-corrected chi connectivity index (χ1v) is 7.52.